The number of fused-ring (bicyclic) bond motifs is 1. The van der Waals surface area contributed by atoms with Gasteiger partial charge >= 0.3 is 5.63 Å². The maximum atomic E-state index is 13.8. The molecule has 0 saturated heterocycles. The molecule has 5 nitrogen and oxygen atoms in total. The number of halogens is 2. The summed E-state index contributed by atoms with van der Waals surface area (Å²) >= 11 is 0. The summed E-state index contributed by atoms with van der Waals surface area (Å²) in [6, 6.07) is 20.2. The average molecular weight is 601 g/mol. The monoisotopic (exact) mass is 600 g/mol. The third-order valence-corrected chi connectivity index (χ3v) is 6.98. The fraction of sp³-hybridized carbons (Fsp3) is 0.324. The lowest BCUT2D eigenvalue weighted by Crippen LogP contribution is -2.12. The van der Waals surface area contributed by atoms with Gasteiger partial charge < -0.3 is 9.15 Å². The van der Waals surface area contributed by atoms with Gasteiger partial charge in [0, 0.05) is 30.2 Å². The van der Waals surface area contributed by atoms with Gasteiger partial charge in [0.15, 0.2) is 9.84 Å². The molecule has 8 heteroatoms. The molecule has 1 atom stereocenters. The van der Waals surface area contributed by atoms with Gasteiger partial charge in [0.05, 0.1) is 11.2 Å². The van der Waals surface area contributed by atoms with Gasteiger partial charge in [-0.2, -0.15) is 0 Å². The second-order valence-electron chi connectivity index (χ2n) is 9.15. The van der Waals surface area contributed by atoms with Crippen LogP contribution in [0.3, 0.4) is 0 Å². The van der Waals surface area contributed by atoms with Crippen LogP contribution in [0.25, 0.3) is 11.0 Å². The zero-order valence-electron chi connectivity index (χ0n) is 25.7. The molecule has 42 heavy (non-hydrogen) atoms. The van der Waals surface area contributed by atoms with Crippen molar-refractivity contribution in [2.24, 2.45) is 0 Å². The second-order valence-corrected chi connectivity index (χ2v) is 11.2. The molecule has 228 valence electrons. The van der Waals surface area contributed by atoms with E-state index in [-0.39, 0.29) is 27.5 Å². The van der Waals surface area contributed by atoms with E-state index in [2.05, 4.69) is 31.7 Å². The van der Waals surface area contributed by atoms with Crippen molar-refractivity contribution in [2.45, 2.75) is 71.8 Å². The Labute approximate surface area is 248 Å². The molecular formula is C34H42F2O5S. The summed E-state index contributed by atoms with van der Waals surface area (Å²) in [6.45, 7) is 16.3. The summed E-state index contributed by atoms with van der Waals surface area (Å²) in [5.74, 6) is -3.18. The highest BCUT2D eigenvalue weighted by Gasteiger charge is 2.28. The van der Waals surface area contributed by atoms with Gasteiger partial charge in [-0.05, 0) is 61.2 Å². The molecule has 0 amide bonds. The molecule has 0 bridgehead atoms. The van der Waals surface area contributed by atoms with Gasteiger partial charge in [0.25, 0.3) is 5.92 Å². The first-order valence-electron chi connectivity index (χ1n) is 13.8. The van der Waals surface area contributed by atoms with E-state index in [4.69, 9.17) is 9.15 Å². The molecule has 0 saturated carbocycles. The van der Waals surface area contributed by atoms with Crippen molar-refractivity contribution < 1.29 is 26.4 Å². The summed E-state index contributed by atoms with van der Waals surface area (Å²) < 4.78 is 60.9. The normalized spacial score (nSPS) is 11.5. The van der Waals surface area contributed by atoms with Crippen LogP contribution in [0.1, 0.15) is 75.5 Å². The fourth-order valence-electron chi connectivity index (χ4n) is 3.92. The van der Waals surface area contributed by atoms with E-state index in [0.717, 1.165) is 30.4 Å². The Hall–Kier alpha value is -3.78. The van der Waals surface area contributed by atoms with Gasteiger partial charge in [-0.1, -0.05) is 82.3 Å². The van der Waals surface area contributed by atoms with Crippen molar-refractivity contribution in [1.82, 2.24) is 0 Å². The first-order chi connectivity index (χ1) is 19.8. The number of rotatable bonds is 7. The number of alkyl halides is 2. The Morgan fingerprint density at radius 3 is 2.07 bits per heavy atom. The van der Waals surface area contributed by atoms with Crippen LogP contribution in [0, 0.1) is 6.92 Å². The van der Waals surface area contributed by atoms with E-state index in [1.165, 1.54) is 35.6 Å². The number of sulfone groups is 1. The molecule has 1 aromatic heterocycles. The first-order valence-corrected chi connectivity index (χ1v) is 15.7. The lowest BCUT2D eigenvalue weighted by atomic mass is 9.99. The maximum absolute atomic E-state index is 13.8. The number of aryl methyl sites for hydroxylation is 1. The summed E-state index contributed by atoms with van der Waals surface area (Å²) in [5, 5.41) is 0.183. The van der Waals surface area contributed by atoms with E-state index in [1.807, 2.05) is 40.7 Å². The predicted octanol–water partition coefficient (Wildman–Crippen LogP) is 9.17. The molecular weight excluding hydrogens is 558 g/mol. The third kappa shape index (κ3) is 10.9. The van der Waals surface area contributed by atoms with Crippen LogP contribution in [0.2, 0.25) is 0 Å². The highest BCUT2D eigenvalue weighted by molar-refractivity contribution is 7.90. The standard InChI is InChI=1S/C19H16F2O4S.C11H14O.2C2H6/c1-19(20,21)16-11-18(22)25-17-8-5-13(10-15(16)17)9-12-3-6-14(7-4-12)26(2,23)24;1-4-12-10(3)11-7-5-6-9(2)8-11;2*1-2/h3-8,10-11H,9H2,1-2H3;4-8,10H,1H2,2-3H3;2*1-2H3. The SMILES string of the molecule is C=COC(C)c1cccc(C)c1.CC.CC.CC(F)(F)c1cc(=O)oc2ccc(Cc3ccc(S(C)(=O)=O)cc3)cc12. The molecule has 4 rings (SSSR count). The number of ether oxygens (including phenoxy) is 1. The van der Waals surface area contributed by atoms with E-state index in [9.17, 15) is 22.0 Å². The Balaban J connectivity index is 0.000000462. The molecule has 0 aliphatic rings. The van der Waals surface area contributed by atoms with Gasteiger partial charge in [-0.15, -0.1) is 0 Å². The minimum absolute atomic E-state index is 0.0994. The van der Waals surface area contributed by atoms with Crippen molar-refractivity contribution in [3.05, 3.63) is 124 Å². The summed E-state index contributed by atoms with van der Waals surface area (Å²) in [7, 11) is -3.27. The van der Waals surface area contributed by atoms with Crippen molar-refractivity contribution in [3.8, 4) is 0 Å². The van der Waals surface area contributed by atoms with Crippen LogP contribution in [-0.4, -0.2) is 14.7 Å². The molecule has 0 fully saturated rings. The minimum atomic E-state index is -3.27. The summed E-state index contributed by atoms with van der Waals surface area (Å²) in [5.41, 5.74) is 2.92. The second kappa shape index (κ2) is 16.6. The van der Waals surface area contributed by atoms with E-state index in [1.54, 1.807) is 24.3 Å². The lowest BCUT2D eigenvalue weighted by Gasteiger charge is -2.13. The molecule has 3 aromatic carbocycles. The molecule has 1 unspecified atom stereocenters. The fourth-order valence-corrected chi connectivity index (χ4v) is 4.55. The summed E-state index contributed by atoms with van der Waals surface area (Å²) in [6.07, 6.45) is 3.13. The van der Waals surface area contributed by atoms with Gasteiger partial charge in [0.1, 0.15) is 11.7 Å². The highest BCUT2D eigenvalue weighted by Crippen LogP contribution is 2.32. The average Bonchev–Trinajstić information content (AvgIpc) is 2.95. The van der Waals surface area contributed by atoms with E-state index >= 15 is 0 Å². The minimum Gasteiger partial charge on any atom is -0.494 e. The van der Waals surface area contributed by atoms with Gasteiger partial charge in [-0.25, -0.2) is 22.0 Å². The first kappa shape index (κ1) is 36.2. The van der Waals surface area contributed by atoms with Crippen molar-refractivity contribution in [1.29, 1.82) is 0 Å². The molecule has 4 aromatic rings. The van der Waals surface area contributed by atoms with Crippen LogP contribution in [-0.2, 0) is 26.9 Å². The van der Waals surface area contributed by atoms with Crippen molar-refractivity contribution in [3.63, 3.8) is 0 Å². The topological polar surface area (TPSA) is 73.6 Å². The van der Waals surface area contributed by atoms with E-state index in [0.29, 0.717) is 6.42 Å². The van der Waals surface area contributed by atoms with Gasteiger partial charge in [-0.3, -0.25) is 0 Å². The Kier molecular flexibility index (Phi) is 14.3. The maximum Gasteiger partial charge on any atom is 0.336 e. The van der Waals surface area contributed by atoms with Crippen LogP contribution in [0.5, 0.6) is 0 Å². The quantitative estimate of drug-likeness (QED) is 0.156. The summed E-state index contributed by atoms with van der Waals surface area (Å²) in [4.78, 5) is 11.7. The smallest absolute Gasteiger partial charge is 0.336 e. The van der Waals surface area contributed by atoms with Gasteiger partial charge in [0.2, 0.25) is 0 Å². The molecule has 0 radical (unpaired) electrons. The van der Waals surface area contributed by atoms with Crippen molar-refractivity contribution in [2.75, 3.05) is 6.26 Å². The molecule has 0 spiro atoms. The molecule has 1 heterocycles. The van der Waals surface area contributed by atoms with Crippen LogP contribution < -0.4 is 5.63 Å². The number of hydrogen-bond donors (Lipinski definition) is 0. The Morgan fingerprint density at radius 2 is 1.55 bits per heavy atom. The predicted molar refractivity (Wildman–Crippen MR) is 168 cm³/mol. The van der Waals surface area contributed by atoms with Crippen LogP contribution in [0.4, 0.5) is 8.78 Å². The Morgan fingerprint density at radius 1 is 0.952 bits per heavy atom. The third-order valence-electron chi connectivity index (χ3n) is 5.85. The number of hydrogen-bond acceptors (Lipinski definition) is 5. The molecule has 0 aliphatic heterocycles. The van der Waals surface area contributed by atoms with Crippen molar-refractivity contribution >= 4 is 20.8 Å². The lowest BCUT2D eigenvalue weighted by molar-refractivity contribution is 0.0186. The number of benzene rings is 3. The van der Waals surface area contributed by atoms with Crippen LogP contribution in [0.15, 0.2) is 99.7 Å². The highest BCUT2D eigenvalue weighted by atomic mass is 32.2. The zero-order chi connectivity index (χ0) is 32.1. The molecule has 0 N–H and O–H groups in total. The Bertz CT molecular complexity index is 1590. The molecule has 0 aliphatic carbocycles. The largest absolute Gasteiger partial charge is 0.494 e. The van der Waals surface area contributed by atoms with E-state index < -0.39 is 21.4 Å². The zero-order valence-corrected chi connectivity index (χ0v) is 26.5. The van der Waals surface area contributed by atoms with Crippen LogP contribution >= 0.6 is 0 Å².